The third kappa shape index (κ3) is 3.43. The summed E-state index contributed by atoms with van der Waals surface area (Å²) in [6, 6.07) is 47.2. The van der Waals surface area contributed by atoms with E-state index in [0.717, 1.165) is 0 Å². The number of anilines is 2. The molecule has 5 unspecified atom stereocenters. The predicted octanol–water partition coefficient (Wildman–Crippen LogP) is 13.4. The Balaban J connectivity index is 1.27. The van der Waals surface area contributed by atoms with Gasteiger partial charge in [-0.25, -0.2) is 0 Å². The molecule has 2 heterocycles. The van der Waals surface area contributed by atoms with E-state index in [2.05, 4.69) is 180 Å². The summed E-state index contributed by atoms with van der Waals surface area (Å²) in [5.41, 5.74) is 19.4. The molecule has 0 saturated carbocycles. The molecule has 6 aliphatic rings. The second-order valence-electron chi connectivity index (χ2n) is 17.4. The molecule has 0 N–H and O–H groups in total. The average Bonchev–Trinajstić information content (AvgIpc) is 3.62. The third-order valence-corrected chi connectivity index (χ3v) is 15.8. The lowest BCUT2D eigenvalue weighted by atomic mass is 9.57. The van der Waals surface area contributed by atoms with E-state index in [1.807, 2.05) is 11.8 Å². The Hall–Kier alpha value is -5.05. The van der Waals surface area contributed by atoms with Crippen LogP contribution in [0.3, 0.4) is 0 Å². The lowest BCUT2D eigenvalue weighted by Gasteiger charge is -2.52. The first-order chi connectivity index (χ1) is 26.2. The van der Waals surface area contributed by atoms with Gasteiger partial charge in [-0.3, -0.25) is 0 Å². The summed E-state index contributed by atoms with van der Waals surface area (Å²) in [6.07, 6.45) is 5.11. The maximum absolute atomic E-state index is 2.77. The van der Waals surface area contributed by atoms with Crippen molar-refractivity contribution >= 4 is 39.5 Å². The summed E-state index contributed by atoms with van der Waals surface area (Å²) in [5.74, 6) is 0.858. The van der Waals surface area contributed by atoms with E-state index in [1.165, 1.54) is 76.4 Å². The zero-order valence-electron chi connectivity index (χ0n) is 31.8. The number of hydrogen-bond acceptors (Lipinski definition) is 2. The van der Waals surface area contributed by atoms with E-state index in [4.69, 9.17) is 0 Å². The van der Waals surface area contributed by atoms with Crippen LogP contribution in [0.25, 0.3) is 27.5 Å². The van der Waals surface area contributed by atoms with Gasteiger partial charge in [-0.15, -0.1) is 0 Å². The van der Waals surface area contributed by atoms with Crippen molar-refractivity contribution in [3.63, 3.8) is 0 Å². The van der Waals surface area contributed by atoms with Crippen molar-refractivity contribution in [2.45, 2.75) is 67.7 Å². The van der Waals surface area contributed by atoms with Gasteiger partial charge in [0.15, 0.2) is 0 Å². The summed E-state index contributed by atoms with van der Waals surface area (Å²) in [7, 11) is 0. The number of nitrogens with zero attached hydrogens (tertiary/aromatic N) is 1. The van der Waals surface area contributed by atoms with Gasteiger partial charge in [-0.1, -0.05) is 161 Å². The maximum Gasteiger partial charge on any atom is 0.0827 e. The van der Waals surface area contributed by atoms with Crippen LogP contribution in [0.4, 0.5) is 11.4 Å². The molecule has 5 atom stereocenters. The first-order valence-corrected chi connectivity index (χ1v) is 20.7. The SMILES string of the molecule is CC1C=CC2(C)C3=C1C(C)C1=C(C3C)C3(c4ccccc4Sc4c3cc(c3ccccc43)N2c2ccc3c(c2)C(C)(C)c2ccccc2-3)c2ccccc21. The molecule has 262 valence electrons. The number of hydrogen-bond donors (Lipinski definition) is 0. The summed E-state index contributed by atoms with van der Waals surface area (Å²) in [4.78, 5) is 5.55. The van der Waals surface area contributed by atoms with Crippen molar-refractivity contribution in [3.05, 3.63) is 184 Å². The Morgan fingerprint density at radius 3 is 2.06 bits per heavy atom. The van der Waals surface area contributed by atoms with Gasteiger partial charge in [0.25, 0.3) is 0 Å². The molecule has 12 rings (SSSR count). The molecule has 4 aliphatic carbocycles. The highest BCUT2D eigenvalue weighted by atomic mass is 32.2. The highest BCUT2D eigenvalue weighted by molar-refractivity contribution is 7.99. The fourth-order valence-electron chi connectivity index (χ4n) is 12.5. The number of allylic oxidation sites excluding steroid dienone is 4. The molecule has 2 aliphatic heterocycles. The molecule has 0 amide bonds. The van der Waals surface area contributed by atoms with Crippen molar-refractivity contribution in [2.24, 2.45) is 17.8 Å². The molecule has 1 nitrogen and oxygen atoms in total. The molecule has 6 aromatic rings. The zero-order chi connectivity index (χ0) is 36.5. The normalized spacial score (nSPS) is 27.2. The molecular formula is C52H43NS. The van der Waals surface area contributed by atoms with Crippen molar-refractivity contribution in [2.75, 3.05) is 4.90 Å². The van der Waals surface area contributed by atoms with Crippen molar-refractivity contribution in [3.8, 4) is 11.1 Å². The fraction of sp³-hybridized carbons (Fsp3) is 0.231. The van der Waals surface area contributed by atoms with Gasteiger partial charge in [0, 0.05) is 38.1 Å². The molecule has 1 spiro atoms. The van der Waals surface area contributed by atoms with Gasteiger partial charge < -0.3 is 4.90 Å². The highest BCUT2D eigenvalue weighted by Crippen LogP contribution is 2.70. The van der Waals surface area contributed by atoms with Gasteiger partial charge >= 0.3 is 0 Å². The van der Waals surface area contributed by atoms with Gasteiger partial charge in [0.2, 0.25) is 0 Å². The molecular weight excluding hydrogens is 671 g/mol. The van der Waals surface area contributed by atoms with Crippen LogP contribution in [-0.2, 0) is 10.8 Å². The molecule has 0 fully saturated rings. The molecule has 54 heavy (non-hydrogen) atoms. The Kier molecular flexibility index (Phi) is 5.90. The van der Waals surface area contributed by atoms with Crippen molar-refractivity contribution in [1.82, 2.24) is 0 Å². The first kappa shape index (κ1) is 31.3. The molecule has 2 heteroatoms. The molecule has 0 saturated heterocycles. The van der Waals surface area contributed by atoms with Crippen molar-refractivity contribution in [1.29, 1.82) is 0 Å². The van der Waals surface area contributed by atoms with E-state index in [-0.39, 0.29) is 17.3 Å². The van der Waals surface area contributed by atoms with Crippen LogP contribution >= 0.6 is 11.8 Å². The summed E-state index contributed by atoms with van der Waals surface area (Å²) in [6.45, 7) is 14.9. The number of fused-ring (bicyclic) bond motifs is 10. The van der Waals surface area contributed by atoms with Gasteiger partial charge in [0.1, 0.15) is 0 Å². The molecule has 0 aromatic heterocycles. The maximum atomic E-state index is 2.77. The second-order valence-corrected chi connectivity index (χ2v) is 18.4. The minimum absolute atomic E-state index is 0.0980. The van der Waals surface area contributed by atoms with Gasteiger partial charge in [-0.2, -0.15) is 0 Å². The third-order valence-electron chi connectivity index (χ3n) is 14.5. The van der Waals surface area contributed by atoms with Crippen LogP contribution in [0.1, 0.15) is 74.9 Å². The largest absolute Gasteiger partial charge is 0.328 e. The van der Waals surface area contributed by atoms with Crippen LogP contribution in [0.2, 0.25) is 0 Å². The standard InChI is InChI=1S/C52H43NS/c1-29-25-26-51(6)47-31(3)48-46(30(2)45(29)47)37-18-10-12-20-39(37)52(48)40-21-13-14-22-44(40)54-49-36-17-8-7-16-35(36)43(28-42(49)52)53(51)32-23-24-34-33-15-9-11-19-38(33)50(4,5)41(34)27-32/h7-31H,1-6H3. The highest BCUT2D eigenvalue weighted by Gasteiger charge is 2.59. The lowest BCUT2D eigenvalue weighted by molar-refractivity contribution is 0.490. The monoisotopic (exact) mass is 713 g/mol. The smallest absolute Gasteiger partial charge is 0.0827 e. The van der Waals surface area contributed by atoms with E-state index in [0.29, 0.717) is 5.92 Å². The minimum atomic E-state index is -0.412. The molecule has 0 radical (unpaired) electrons. The van der Waals surface area contributed by atoms with E-state index >= 15 is 0 Å². The van der Waals surface area contributed by atoms with Crippen molar-refractivity contribution < 1.29 is 0 Å². The lowest BCUT2D eigenvalue weighted by Crippen LogP contribution is -2.50. The van der Waals surface area contributed by atoms with E-state index in [9.17, 15) is 0 Å². The van der Waals surface area contributed by atoms with Crippen LogP contribution in [-0.4, -0.2) is 5.54 Å². The molecule has 6 aromatic carbocycles. The van der Waals surface area contributed by atoms with Gasteiger partial charge in [0.05, 0.1) is 16.6 Å². The first-order valence-electron chi connectivity index (χ1n) is 19.8. The summed E-state index contributed by atoms with van der Waals surface area (Å²) in [5, 5.41) is 2.66. The minimum Gasteiger partial charge on any atom is -0.328 e. The fourth-order valence-corrected chi connectivity index (χ4v) is 13.8. The van der Waals surface area contributed by atoms with E-state index in [1.54, 1.807) is 22.3 Å². The second kappa shape index (κ2) is 10.2. The number of benzene rings is 6. The Morgan fingerprint density at radius 2 is 1.24 bits per heavy atom. The Bertz CT molecular complexity index is 2810. The van der Waals surface area contributed by atoms with Gasteiger partial charge in [-0.05, 0) is 104 Å². The molecule has 4 bridgehead atoms. The zero-order valence-corrected chi connectivity index (χ0v) is 32.6. The number of rotatable bonds is 1. The summed E-state index contributed by atoms with van der Waals surface area (Å²) >= 11 is 1.98. The van der Waals surface area contributed by atoms with Crippen LogP contribution in [0.5, 0.6) is 0 Å². The predicted molar refractivity (Wildman–Crippen MR) is 226 cm³/mol. The average molecular weight is 714 g/mol. The Labute approximate surface area is 323 Å². The topological polar surface area (TPSA) is 3.24 Å². The van der Waals surface area contributed by atoms with Crippen LogP contribution in [0, 0.1) is 17.8 Å². The van der Waals surface area contributed by atoms with E-state index < -0.39 is 11.0 Å². The quantitative estimate of drug-likeness (QED) is 0.156. The summed E-state index contributed by atoms with van der Waals surface area (Å²) < 4.78 is 0. The van der Waals surface area contributed by atoms with Crippen LogP contribution in [0.15, 0.2) is 160 Å². The Morgan fingerprint density at radius 1 is 0.574 bits per heavy atom. The van der Waals surface area contributed by atoms with Crippen LogP contribution < -0.4 is 4.90 Å².